The van der Waals surface area contributed by atoms with Crippen molar-refractivity contribution in [3.63, 3.8) is 0 Å². The Morgan fingerprint density at radius 2 is 2.06 bits per heavy atom. The van der Waals surface area contributed by atoms with Crippen LogP contribution >= 0.6 is 0 Å². The first kappa shape index (κ1) is 21.8. The summed E-state index contributed by atoms with van der Waals surface area (Å²) in [6.45, 7) is 6.18. The van der Waals surface area contributed by atoms with Crippen LogP contribution in [0, 0.1) is 6.92 Å². The summed E-state index contributed by atoms with van der Waals surface area (Å²) in [4.78, 5) is 14.4. The third kappa shape index (κ3) is 4.74. The molecule has 2 aromatic rings. The van der Waals surface area contributed by atoms with Crippen LogP contribution in [-0.4, -0.2) is 70.3 Å². The van der Waals surface area contributed by atoms with Gasteiger partial charge in [0.25, 0.3) is 5.91 Å². The van der Waals surface area contributed by atoms with Gasteiger partial charge in [0.1, 0.15) is 11.6 Å². The molecule has 4 rings (SSSR count). The second-order valence-electron chi connectivity index (χ2n) is 8.14. The number of piperidine rings is 1. The third-order valence-corrected chi connectivity index (χ3v) is 7.84. The van der Waals surface area contributed by atoms with Crippen molar-refractivity contribution in [3.05, 3.63) is 41.5 Å². The lowest BCUT2D eigenvalue weighted by Crippen LogP contribution is -2.43. The van der Waals surface area contributed by atoms with E-state index in [0.29, 0.717) is 38.5 Å². The van der Waals surface area contributed by atoms with Crippen LogP contribution < -0.4 is 4.74 Å². The largest absolute Gasteiger partial charge is 0.484 e. The highest BCUT2D eigenvalue weighted by atomic mass is 32.2. The van der Waals surface area contributed by atoms with Crippen LogP contribution in [0.1, 0.15) is 42.9 Å². The Morgan fingerprint density at radius 3 is 2.84 bits per heavy atom. The molecule has 0 aliphatic carbocycles. The maximum Gasteiger partial charge on any atom is 0.260 e. The Morgan fingerprint density at radius 1 is 1.23 bits per heavy atom. The van der Waals surface area contributed by atoms with Gasteiger partial charge in [-0.15, -0.1) is 10.2 Å². The summed E-state index contributed by atoms with van der Waals surface area (Å²) in [5.41, 5.74) is 1.08. The second kappa shape index (κ2) is 8.96. The standard InChI is InChI=1S/C21H29N5O4S/c1-3-31(28,29)25-9-5-7-17(13-25)21-23-22-19-14-24(10-11-26(19)21)20(27)15-30-18-8-4-6-16(2)12-18/h4,6,8,12,17H,3,5,7,9-11,13-15H2,1-2H3. The summed E-state index contributed by atoms with van der Waals surface area (Å²) >= 11 is 0. The number of aryl methyl sites for hydroxylation is 1. The molecule has 1 fully saturated rings. The number of carbonyl (C=O) groups excluding carboxylic acids is 1. The van der Waals surface area contributed by atoms with E-state index in [4.69, 9.17) is 4.74 Å². The fourth-order valence-corrected chi connectivity index (χ4v) is 5.40. The summed E-state index contributed by atoms with van der Waals surface area (Å²) in [6, 6.07) is 7.62. The van der Waals surface area contributed by atoms with E-state index in [1.165, 1.54) is 0 Å². The van der Waals surface area contributed by atoms with Crippen molar-refractivity contribution in [2.75, 3.05) is 32.0 Å². The fourth-order valence-electron chi connectivity index (χ4n) is 4.22. The van der Waals surface area contributed by atoms with E-state index in [0.717, 1.165) is 30.1 Å². The fraction of sp³-hybridized carbons (Fsp3) is 0.571. The molecule has 2 aliphatic rings. The van der Waals surface area contributed by atoms with E-state index in [2.05, 4.69) is 14.8 Å². The number of sulfonamides is 1. The van der Waals surface area contributed by atoms with Crippen molar-refractivity contribution in [2.45, 2.75) is 45.7 Å². The molecule has 1 atom stereocenters. The molecule has 31 heavy (non-hydrogen) atoms. The van der Waals surface area contributed by atoms with Gasteiger partial charge in [-0.3, -0.25) is 4.79 Å². The number of aromatic nitrogens is 3. The maximum atomic E-state index is 12.6. The lowest BCUT2D eigenvalue weighted by molar-refractivity contribution is -0.134. The summed E-state index contributed by atoms with van der Waals surface area (Å²) < 4.78 is 33.8. The molecule has 0 spiro atoms. The molecule has 0 saturated carbocycles. The Kier molecular flexibility index (Phi) is 6.29. The van der Waals surface area contributed by atoms with Gasteiger partial charge in [0, 0.05) is 32.1 Å². The van der Waals surface area contributed by atoms with Gasteiger partial charge in [0.05, 0.1) is 12.3 Å². The summed E-state index contributed by atoms with van der Waals surface area (Å²) in [7, 11) is -3.21. The minimum absolute atomic E-state index is 0.0170. The van der Waals surface area contributed by atoms with Crippen LogP contribution in [0.3, 0.4) is 0 Å². The number of rotatable bonds is 6. The number of fused-ring (bicyclic) bond motifs is 1. The molecule has 1 aromatic carbocycles. The first-order valence-corrected chi connectivity index (χ1v) is 12.4. The zero-order valence-electron chi connectivity index (χ0n) is 18.0. The quantitative estimate of drug-likeness (QED) is 0.666. The topological polar surface area (TPSA) is 97.6 Å². The molecule has 9 nitrogen and oxygen atoms in total. The Hall–Kier alpha value is -2.46. The monoisotopic (exact) mass is 447 g/mol. The summed E-state index contributed by atoms with van der Waals surface area (Å²) in [6.07, 6.45) is 1.70. The predicted molar refractivity (Wildman–Crippen MR) is 115 cm³/mol. The van der Waals surface area contributed by atoms with Gasteiger partial charge in [0.15, 0.2) is 12.4 Å². The van der Waals surface area contributed by atoms with E-state index in [9.17, 15) is 13.2 Å². The predicted octanol–water partition coefficient (Wildman–Crippen LogP) is 1.54. The molecule has 0 bridgehead atoms. The second-order valence-corrected chi connectivity index (χ2v) is 10.4. The average molecular weight is 448 g/mol. The molecular weight excluding hydrogens is 418 g/mol. The van der Waals surface area contributed by atoms with Gasteiger partial charge in [0.2, 0.25) is 10.0 Å². The Balaban J connectivity index is 1.39. The smallest absolute Gasteiger partial charge is 0.260 e. The van der Waals surface area contributed by atoms with Crippen LogP contribution in [0.4, 0.5) is 0 Å². The molecule has 0 radical (unpaired) electrons. The highest BCUT2D eigenvalue weighted by Gasteiger charge is 2.33. The van der Waals surface area contributed by atoms with Crippen molar-refractivity contribution >= 4 is 15.9 Å². The van der Waals surface area contributed by atoms with Gasteiger partial charge in [-0.1, -0.05) is 12.1 Å². The maximum absolute atomic E-state index is 12.6. The van der Waals surface area contributed by atoms with E-state index in [1.54, 1.807) is 16.1 Å². The van der Waals surface area contributed by atoms with Gasteiger partial charge >= 0.3 is 0 Å². The van der Waals surface area contributed by atoms with E-state index in [1.807, 2.05) is 31.2 Å². The summed E-state index contributed by atoms with van der Waals surface area (Å²) in [5, 5.41) is 8.70. The zero-order chi connectivity index (χ0) is 22.0. The van der Waals surface area contributed by atoms with Crippen molar-refractivity contribution < 1.29 is 17.9 Å². The van der Waals surface area contributed by atoms with Crippen LogP contribution in [0.15, 0.2) is 24.3 Å². The van der Waals surface area contributed by atoms with Gasteiger partial charge < -0.3 is 14.2 Å². The normalized spacial score (nSPS) is 19.8. The molecule has 1 amide bonds. The number of hydrogen-bond acceptors (Lipinski definition) is 6. The van der Waals surface area contributed by atoms with E-state index in [-0.39, 0.29) is 24.2 Å². The first-order valence-electron chi connectivity index (χ1n) is 10.7. The van der Waals surface area contributed by atoms with Gasteiger partial charge in [-0.2, -0.15) is 0 Å². The molecule has 10 heteroatoms. The number of ether oxygens (including phenoxy) is 1. The molecule has 3 heterocycles. The van der Waals surface area contributed by atoms with Crippen LogP contribution in [0.25, 0.3) is 0 Å². The lowest BCUT2D eigenvalue weighted by Gasteiger charge is -2.33. The number of amides is 1. The van der Waals surface area contributed by atoms with Crippen LogP contribution in [-0.2, 0) is 27.9 Å². The molecule has 0 N–H and O–H groups in total. The first-order chi connectivity index (χ1) is 14.9. The lowest BCUT2D eigenvalue weighted by atomic mass is 9.98. The van der Waals surface area contributed by atoms with E-state index < -0.39 is 10.0 Å². The highest BCUT2D eigenvalue weighted by Crippen LogP contribution is 2.29. The minimum Gasteiger partial charge on any atom is -0.484 e. The third-order valence-electron chi connectivity index (χ3n) is 5.99. The van der Waals surface area contributed by atoms with Crippen molar-refractivity contribution in [2.24, 2.45) is 0 Å². The van der Waals surface area contributed by atoms with Crippen molar-refractivity contribution in [1.82, 2.24) is 24.0 Å². The number of benzene rings is 1. The average Bonchev–Trinajstić information content (AvgIpc) is 3.21. The van der Waals surface area contributed by atoms with Crippen molar-refractivity contribution in [1.29, 1.82) is 0 Å². The number of nitrogens with zero attached hydrogens (tertiary/aromatic N) is 5. The summed E-state index contributed by atoms with van der Waals surface area (Å²) in [5.74, 6) is 2.30. The molecule has 1 saturated heterocycles. The molecular formula is C21H29N5O4S. The highest BCUT2D eigenvalue weighted by molar-refractivity contribution is 7.89. The molecule has 2 aliphatic heterocycles. The van der Waals surface area contributed by atoms with Crippen LogP contribution in [0.2, 0.25) is 0 Å². The Bertz CT molecular complexity index is 1050. The van der Waals surface area contributed by atoms with Gasteiger partial charge in [-0.05, 0) is 44.4 Å². The Labute approximate surface area is 183 Å². The van der Waals surface area contributed by atoms with E-state index >= 15 is 0 Å². The van der Waals surface area contributed by atoms with Crippen LogP contribution in [0.5, 0.6) is 5.75 Å². The molecule has 1 unspecified atom stereocenters. The zero-order valence-corrected chi connectivity index (χ0v) is 18.8. The van der Waals surface area contributed by atoms with Crippen molar-refractivity contribution in [3.8, 4) is 5.75 Å². The SMILES string of the molecule is CCS(=O)(=O)N1CCCC(c2nnc3n2CCN(C(=O)COc2cccc(C)c2)C3)C1. The van der Waals surface area contributed by atoms with Gasteiger partial charge in [-0.25, -0.2) is 12.7 Å². The number of carbonyl (C=O) groups is 1. The minimum atomic E-state index is -3.21. The molecule has 1 aromatic heterocycles. The number of hydrogen-bond donors (Lipinski definition) is 0. The molecule has 168 valence electrons.